The normalized spacial score (nSPS) is 22.5. The Labute approximate surface area is 192 Å². The molecule has 2 heterocycles. The molecule has 0 radical (unpaired) electrons. The monoisotopic (exact) mass is 464 g/mol. The number of nitriles is 1. The number of benzene rings is 1. The molecular formula is C24H31F3N4O2. The molecule has 33 heavy (non-hydrogen) atoms. The largest absolute Gasteiger partial charge is 0.417 e. The van der Waals surface area contributed by atoms with Crippen LogP contribution >= 0.6 is 0 Å². The van der Waals surface area contributed by atoms with Crippen molar-refractivity contribution in [2.75, 3.05) is 50.8 Å². The van der Waals surface area contributed by atoms with Crippen LogP contribution in [0.5, 0.6) is 0 Å². The van der Waals surface area contributed by atoms with E-state index in [4.69, 9.17) is 10.00 Å². The summed E-state index contributed by atoms with van der Waals surface area (Å²) in [6.07, 6.45) is -0.565. The zero-order valence-electron chi connectivity index (χ0n) is 19.0. The maximum atomic E-state index is 13.4. The third-order valence-electron chi connectivity index (χ3n) is 7.35. The number of urea groups is 1. The predicted octanol–water partition coefficient (Wildman–Crippen LogP) is 4.25. The third-order valence-corrected chi connectivity index (χ3v) is 7.35. The molecule has 3 fully saturated rings. The fourth-order valence-electron chi connectivity index (χ4n) is 5.18. The van der Waals surface area contributed by atoms with Crippen molar-refractivity contribution in [3.63, 3.8) is 0 Å². The molecule has 4 rings (SSSR count). The van der Waals surface area contributed by atoms with Gasteiger partial charge in [-0.1, -0.05) is 0 Å². The van der Waals surface area contributed by atoms with Gasteiger partial charge < -0.3 is 19.9 Å². The van der Waals surface area contributed by atoms with Crippen LogP contribution in [0.1, 0.15) is 43.7 Å². The van der Waals surface area contributed by atoms with Crippen LogP contribution in [0.4, 0.5) is 23.7 Å². The standard InChI is InChI=1S/C24H31F3N4O2/c1-2-29-22(32)31-13-19(15-33-14-17-3-4-17)23(16-31)7-9-30(10-8-23)20-6-5-18(12-28)21(11-20)24(25,26)27/h5-6,11,17,19H,2-4,7-10,13-16H2,1H3,(H,29,32). The van der Waals surface area contributed by atoms with E-state index in [9.17, 15) is 18.0 Å². The number of amides is 2. The van der Waals surface area contributed by atoms with Crippen LogP contribution in [-0.2, 0) is 10.9 Å². The predicted molar refractivity (Wildman–Crippen MR) is 118 cm³/mol. The Hall–Kier alpha value is -2.47. The molecule has 1 spiro atoms. The fourth-order valence-corrected chi connectivity index (χ4v) is 5.18. The molecule has 9 heteroatoms. The molecular weight excluding hydrogens is 433 g/mol. The van der Waals surface area contributed by atoms with Crippen LogP contribution in [0.25, 0.3) is 0 Å². The molecule has 1 saturated carbocycles. The first-order valence-corrected chi connectivity index (χ1v) is 11.7. The number of ether oxygens (including phenoxy) is 1. The van der Waals surface area contributed by atoms with E-state index in [2.05, 4.69) is 5.32 Å². The van der Waals surface area contributed by atoms with Gasteiger partial charge in [-0.25, -0.2) is 4.79 Å². The molecule has 3 aliphatic rings. The van der Waals surface area contributed by atoms with E-state index in [0.29, 0.717) is 50.9 Å². The van der Waals surface area contributed by atoms with Crippen LogP contribution in [0.2, 0.25) is 0 Å². The summed E-state index contributed by atoms with van der Waals surface area (Å²) < 4.78 is 46.2. The second kappa shape index (κ2) is 9.41. The van der Waals surface area contributed by atoms with E-state index >= 15 is 0 Å². The zero-order valence-corrected chi connectivity index (χ0v) is 19.0. The second-order valence-electron chi connectivity index (χ2n) is 9.58. The van der Waals surface area contributed by atoms with Gasteiger partial charge in [-0.15, -0.1) is 0 Å². The Bertz CT molecular complexity index is 902. The number of hydrogen-bond donors (Lipinski definition) is 1. The van der Waals surface area contributed by atoms with Gasteiger partial charge in [0.2, 0.25) is 0 Å². The third kappa shape index (κ3) is 5.21. The van der Waals surface area contributed by atoms with Crippen molar-refractivity contribution in [1.82, 2.24) is 10.2 Å². The van der Waals surface area contributed by atoms with Gasteiger partial charge in [-0.3, -0.25) is 0 Å². The first kappa shape index (κ1) is 23.7. The Morgan fingerprint density at radius 1 is 1.27 bits per heavy atom. The highest BCUT2D eigenvalue weighted by Gasteiger charge is 2.49. The molecule has 6 nitrogen and oxygen atoms in total. The maximum Gasteiger partial charge on any atom is 0.417 e. The van der Waals surface area contributed by atoms with Crippen LogP contribution in [0.3, 0.4) is 0 Å². The molecule has 1 N–H and O–H groups in total. The lowest BCUT2D eigenvalue weighted by molar-refractivity contribution is -0.137. The molecule has 1 aromatic rings. The number of halogens is 3. The number of hydrogen-bond acceptors (Lipinski definition) is 4. The molecule has 1 aromatic carbocycles. The van der Waals surface area contributed by atoms with Crippen LogP contribution in [0.15, 0.2) is 18.2 Å². The highest BCUT2D eigenvalue weighted by molar-refractivity contribution is 5.74. The van der Waals surface area contributed by atoms with E-state index < -0.39 is 11.7 Å². The van der Waals surface area contributed by atoms with Crippen molar-refractivity contribution in [3.8, 4) is 6.07 Å². The molecule has 0 bridgehead atoms. The Morgan fingerprint density at radius 3 is 2.61 bits per heavy atom. The summed E-state index contributed by atoms with van der Waals surface area (Å²) in [6, 6.07) is 5.51. The summed E-state index contributed by atoms with van der Waals surface area (Å²) in [5.74, 6) is 0.885. The lowest BCUT2D eigenvalue weighted by Crippen LogP contribution is -2.46. The number of anilines is 1. The van der Waals surface area contributed by atoms with Crippen molar-refractivity contribution in [1.29, 1.82) is 5.26 Å². The fraction of sp³-hybridized carbons (Fsp3) is 0.667. The van der Waals surface area contributed by atoms with Gasteiger partial charge in [-0.05, 0) is 62.1 Å². The lowest BCUT2D eigenvalue weighted by atomic mass is 9.71. The molecule has 1 aliphatic carbocycles. The minimum absolute atomic E-state index is 0.0640. The average Bonchev–Trinajstić information content (AvgIpc) is 3.55. The summed E-state index contributed by atoms with van der Waals surface area (Å²) in [4.78, 5) is 16.3. The number of likely N-dealkylation sites (tertiary alicyclic amines) is 1. The minimum Gasteiger partial charge on any atom is -0.381 e. The Kier molecular flexibility index (Phi) is 6.76. The first-order valence-electron chi connectivity index (χ1n) is 11.7. The number of carbonyl (C=O) groups is 1. The molecule has 180 valence electrons. The van der Waals surface area contributed by atoms with Gasteiger partial charge in [-0.2, -0.15) is 18.4 Å². The van der Waals surface area contributed by atoms with Gasteiger partial charge in [0.1, 0.15) is 0 Å². The minimum atomic E-state index is -4.57. The number of nitrogens with one attached hydrogen (secondary N) is 1. The summed E-state index contributed by atoms with van der Waals surface area (Å²) in [6.45, 7) is 6.34. The molecule has 0 aromatic heterocycles. The van der Waals surface area contributed by atoms with Crippen LogP contribution in [0, 0.1) is 28.6 Å². The first-order chi connectivity index (χ1) is 15.8. The Morgan fingerprint density at radius 2 is 2.00 bits per heavy atom. The molecule has 2 saturated heterocycles. The smallest absolute Gasteiger partial charge is 0.381 e. The van der Waals surface area contributed by atoms with Gasteiger partial charge in [0.25, 0.3) is 0 Å². The van der Waals surface area contributed by atoms with Gasteiger partial charge >= 0.3 is 12.2 Å². The van der Waals surface area contributed by atoms with E-state index in [1.54, 1.807) is 12.1 Å². The maximum absolute atomic E-state index is 13.4. The summed E-state index contributed by atoms with van der Waals surface area (Å²) >= 11 is 0. The number of rotatable bonds is 6. The summed E-state index contributed by atoms with van der Waals surface area (Å²) in [7, 11) is 0. The number of piperidine rings is 1. The van der Waals surface area contributed by atoms with E-state index in [-0.39, 0.29) is 22.9 Å². The summed E-state index contributed by atoms with van der Waals surface area (Å²) in [5.41, 5.74) is -0.861. The molecule has 1 unspecified atom stereocenters. The van der Waals surface area contributed by atoms with E-state index in [0.717, 1.165) is 25.5 Å². The van der Waals surface area contributed by atoms with Crippen LogP contribution in [-0.4, -0.2) is 56.9 Å². The zero-order chi connectivity index (χ0) is 23.6. The summed E-state index contributed by atoms with van der Waals surface area (Å²) in [5, 5.41) is 11.9. The average molecular weight is 465 g/mol. The van der Waals surface area contributed by atoms with E-state index in [1.807, 2.05) is 16.7 Å². The highest BCUT2D eigenvalue weighted by Crippen LogP contribution is 2.46. The van der Waals surface area contributed by atoms with Crippen molar-refractivity contribution in [2.24, 2.45) is 17.3 Å². The van der Waals surface area contributed by atoms with Crippen molar-refractivity contribution < 1.29 is 22.7 Å². The van der Waals surface area contributed by atoms with Gasteiger partial charge in [0.05, 0.1) is 23.8 Å². The molecule has 2 amide bonds. The van der Waals surface area contributed by atoms with Gasteiger partial charge in [0, 0.05) is 50.9 Å². The van der Waals surface area contributed by atoms with Crippen molar-refractivity contribution in [2.45, 2.75) is 38.8 Å². The number of nitrogens with zero attached hydrogens (tertiary/aromatic N) is 3. The quantitative estimate of drug-likeness (QED) is 0.684. The SMILES string of the molecule is CCNC(=O)N1CC(COCC2CC2)C2(CCN(c3ccc(C#N)c(C(F)(F)F)c3)CC2)C1. The molecule has 2 aliphatic heterocycles. The van der Waals surface area contributed by atoms with E-state index in [1.165, 1.54) is 18.9 Å². The van der Waals surface area contributed by atoms with Crippen LogP contribution < -0.4 is 10.2 Å². The number of alkyl halides is 3. The van der Waals surface area contributed by atoms with Gasteiger partial charge in [0.15, 0.2) is 0 Å². The number of carbonyl (C=O) groups excluding carboxylic acids is 1. The second-order valence-corrected chi connectivity index (χ2v) is 9.58. The lowest BCUT2D eigenvalue weighted by Gasteiger charge is -2.43. The van der Waals surface area contributed by atoms with Crippen molar-refractivity contribution >= 4 is 11.7 Å². The Balaban J connectivity index is 1.47. The van der Waals surface area contributed by atoms with Crippen molar-refractivity contribution in [3.05, 3.63) is 29.3 Å². The highest BCUT2D eigenvalue weighted by atomic mass is 19.4. The topological polar surface area (TPSA) is 68.6 Å². The molecule has 1 atom stereocenters.